The average molecular weight is 235 g/mol. The summed E-state index contributed by atoms with van der Waals surface area (Å²) in [5.74, 6) is 0. The van der Waals surface area contributed by atoms with Crippen molar-refractivity contribution in [3.63, 3.8) is 0 Å². The van der Waals surface area contributed by atoms with Gasteiger partial charge in [-0.2, -0.15) is 0 Å². The summed E-state index contributed by atoms with van der Waals surface area (Å²) < 4.78 is 0. The van der Waals surface area contributed by atoms with Crippen molar-refractivity contribution >= 4 is 22.9 Å². The van der Waals surface area contributed by atoms with Crippen LogP contribution in [0.5, 0.6) is 0 Å². The standard InChI is InChI=1S/C13H15ClN2/c1-2-7-16-12-6-4-3-5-11(12)10(9-15)8-13(16)14/h2-6,8,13H,1,7,9,15H2. The summed E-state index contributed by atoms with van der Waals surface area (Å²) in [5.41, 5.74) is 8.99. The Morgan fingerprint density at radius 2 is 2.19 bits per heavy atom. The highest BCUT2D eigenvalue weighted by molar-refractivity contribution is 6.24. The molecule has 2 nitrogen and oxygen atoms in total. The van der Waals surface area contributed by atoms with E-state index in [0.29, 0.717) is 6.54 Å². The summed E-state index contributed by atoms with van der Waals surface area (Å²) in [6, 6.07) is 8.17. The summed E-state index contributed by atoms with van der Waals surface area (Å²) >= 11 is 6.31. The van der Waals surface area contributed by atoms with Gasteiger partial charge in [-0.1, -0.05) is 35.9 Å². The fraction of sp³-hybridized carbons (Fsp3) is 0.231. The highest BCUT2D eigenvalue weighted by Crippen LogP contribution is 2.34. The van der Waals surface area contributed by atoms with Crippen LogP contribution in [0.3, 0.4) is 0 Å². The van der Waals surface area contributed by atoms with Crippen molar-refractivity contribution in [3.05, 3.63) is 48.6 Å². The van der Waals surface area contributed by atoms with Crippen LogP contribution in [0.25, 0.3) is 5.57 Å². The van der Waals surface area contributed by atoms with Gasteiger partial charge >= 0.3 is 0 Å². The fourth-order valence-corrected chi connectivity index (χ4v) is 2.33. The smallest absolute Gasteiger partial charge is 0.123 e. The van der Waals surface area contributed by atoms with Crippen LogP contribution in [0.2, 0.25) is 0 Å². The molecule has 0 saturated carbocycles. The molecule has 0 radical (unpaired) electrons. The van der Waals surface area contributed by atoms with E-state index >= 15 is 0 Å². The molecule has 1 unspecified atom stereocenters. The predicted octanol–water partition coefficient (Wildman–Crippen LogP) is 2.60. The van der Waals surface area contributed by atoms with Crippen molar-refractivity contribution in [2.24, 2.45) is 5.73 Å². The second kappa shape index (κ2) is 4.73. The number of rotatable bonds is 3. The lowest BCUT2D eigenvalue weighted by Crippen LogP contribution is -2.34. The molecule has 1 heterocycles. The lowest BCUT2D eigenvalue weighted by atomic mass is 9.99. The number of alkyl halides is 1. The number of anilines is 1. The van der Waals surface area contributed by atoms with Gasteiger partial charge in [0.1, 0.15) is 5.50 Å². The number of nitrogens with two attached hydrogens (primary N) is 1. The van der Waals surface area contributed by atoms with Gasteiger partial charge in [0.05, 0.1) is 0 Å². The molecule has 0 spiro atoms. The van der Waals surface area contributed by atoms with Crippen molar-refractivity contribution in [2.45, 2.75) is 5.50 Å². The summed E-state index contributed by atoms with van der Waals surface area (Å²) in [6.07, 6.45) is 3.86. The van der Waals surface area contributed by atoms with Gasteiger partial charge in [0.2, 0.25) is 0 Å². The molecule has 0 bridgehead atoms. The van der Waals surface area contributed by atoms with E-state index < -0.39 is 0 Å². The maximum absolute atomic E-state index is 6.31. The molecular weight excluding hydrogens is 220 g/mol. The Morgan fingerprint density at radius 1 is 1.44 bits per heavy atom. The molecule has 2 N–H and O–H groups in total. The lowest BCUT2D eigenvalue weighted by Gasteiger charge is -2.33. The maximum atomic E-state index is 6.31. The zero-order valence-corrected chi connectivity index (χ0v) is 9.82. The Kier molecular flexibility index (Phi) is 3.32. The number of hydrogen-bond acceptors (Lipinski definition) is 2. The Labute approximate surface area is 101 Å². The van der Waals surface area contributed by atoms with Gasteiger partial charge in [0.15, 0.2) is 0 Å². The van der Waals surface area contributed by atoms with E-state index in [4.69, 9.17) is 17.3 Å². The van der Waals surface area contributed by atoms with Gasteiger partial charge in [-0.25, -0.2) is 0 Å². The highest BCUT2D eigenvalue weighted by atomic mass is 35.5. The number of hydrogen-bond donors (Lipinski definition) is 1. The summed E-state index contributed by atoms with van der Waals surface area (Å²) in [6.45, 7) is 5.01. The monoisotopic (exact) mass is 234 g/mol. The van der Waals surface area contributed by atoms with Gasteiger partial charge in [0, 0.05) is 24.3 Å². The molecule has 0 saturated heterocycles. The molecule has 0 fully saturated rings. The van der Waals surface area contributed by atoms with Crippen molar-refractivity contribution in [1.82, 2.24) is 0 Å². The minimum atomic E-state index is -0.147. The van der Waals surface area contributed by atoms with Gasteiger partial charge in [-0.05, 0) is 17.7 Å². The Hall–Kier alpha value is -1.25. The Bertz CT molecular complexity index is 426. The molecule has 84 valence electrons. The first kappa shape index (κ1) is 11.2. The minimum absolute atomic E-state index is 0.147. The van der Waals surface area contributed by atoms with Gasteiger partial charge in [-0.3, -0.25) is 0 Å². The third kappa shape index (κ3) is 1.86. The molecule has 1 aromatic rings. The van der Waals surface area contributed by atoms with Crippen LogP contribution in [0.4, 0.5) is 5.69 Å². The van der Waals surface area contributed by atoms with Crippen LogP contribution >= 0.6 is 11.6 Å². The van der Waals surface area contributed by atoms with Crippen LogP contribution in [-0.2, 0) is 0 Å². The predicted molar refractivity (Wildman–Crippen MR) is 70.7 cm³/mol. The van der Waals surface area contributed by atoms with Gasteiger partial charge in [0.25, 0.3) is 0 Å². The summed E-state index contributed by atoms with van der Waals surface area (Å²) in [4.78, 5) is 2.10. The normalized spacial score (nSPS) is 19.0. The van der Waals surface area contributed by atoms with Crippen LogP contribution in [0.1, 0.15) is 5.56 Å². The van der Waals surface area contributed by atoms with Gasteiger partial charge in [-0.15, -0.1) is 6.58 Å². The number of benzene rings is 1. The van der Waals surface area contributed by atoms with Crippen LogP contribution in [0.15, 0.2) is 43.0 Å². The quantitative estimate of drug-likeness (QED) is 0.495. The van der Waals surface area contributed by atoms with Crippen LogP contribution in [0, 0.1) is 0 Å². The second-order valence-electron chi connectivity index (χ2n) is 3.73. The number of fused-ring (bicyclic) bond motifs is 1. The molecule has 16 heavy (non-hydrogen) atoms. The fourth-order valence-electron chi connectivity index (χ4n) is 1.99. The topological polar surface area (TPSA) is 29.3 Å². The SMILES string of the molecule is C=CCN1c2ccccc2C(CN)=CC1Cl. The molecule has 1 atom stereocenters. The van der Waals surface area contributed by atoms with E-state index in [9.17, 15) is 0 Å². The van der Waals surface area contributed by atoms with Crippen LogP contribution < -0.4 is 10.6 Å². The minimum Gasteiger partial charge on any atom is -0.348 e. The third-order valence-electron chi connectivity index (χ3n) is 2.74. The molecule has 1 aliphatic heterocycles. The molecule has 2 rings (SSSR count). The molecule has 0 aromatic heterocycles. The lowest BCUT2D eigenvalue weighted by molar-refractivity contribution is 0.886. The molecule has 0 amide bonds. The van der Waals surface area contributed by atoms with Gasteiger partial charge < -0.3 is 10.6 Å². The first-order valence-electron chi connectivity index (χ1n) is 5.29. The van der Waals surface area contributed by atoms with E-state index in [1.54, 1.807) is 0 Å². The average Bonchev–Trinajstić information content (AvgIpc) is 2.32. The van der Waals surface area contributed by atoms with Crippen molar-refractivity contribution < 1.29 is 0 Å². The Morgan fingerprint density at radius 3 is 2.88 bits per heavy atom. The Balaban J connectivity index is 2.48. The van der Waals surface area contributed by atoms with E-state index in [0.717, 1.165) is 17.8 Å². The first-order valence-corrected chi connectivity index (χ1v) is 5.73. The zero-order chi connectivity index (χ0) is 11.5. The first-order chi connectivity index (χ1) is 7.77. The third-order valence-corrected chi connectivity index (χ3v) is 3.10. The van der Waals surface area contributed by atoms with Crippen molar-refractivity contribution in [2.75, 3.05) is 18.0 Å². The van der Waals surface area contributed by atoms with Crippen molar-refractivity contribution in [3.8, 4) is 0 Å². The molecule has 1 aromatic carbocycles. The summed E-state index contributed by atoms with van der Waals surface area (Å²) in [7, 11) is 0. The number of para-hydroxylation sites is 1. The van der Waals surface area contributed by atoms with Crippen molar-refractivity contribution in [1.29, 1.82) is 0 Å². The van der Waals surface area contributed by atoms with Crippen LogP contribution in [-0.4, -0.2) is 18.6 Å². The maximum Gasteiger partial charge on any atom is 0.123 e. The number of nitrogens with zero attached hydrogens (tertiary/aromatic N) is 1. The molecule has 1 aliphatic rings. The molecular formula is C13H15ClN2. The largest absolute Gasteiger partial charge is 0.348 e. The summed E-state index contributed by atoms with van der Waals surface area (Å²) in [5, 5.41) is 0. The van der Waals surface area contributed by atoms with E-state index in [-0.39, 0.29) is 5.50 Å². The second-order valence-corrected chi connectivity index (χ2v) is 4.17. The molecule has 3 heteroatoms. The zero-order valence-electron chi connectivity index (χ0n) is 9.07. The van der Waals surface area contributed by atoms with E-state index in [1.807, 2.05) is 24.3 Å². The highest BCUT2D eigenvalue weighted by Gasteiger charge is 2.22. The number of halogens is 1. The van der Waals surface area contributed by atoms with E-state index in [2.05, 4.69) is 23.6 Å². The van der Waals surface area contributed by atoms with E-state index in [1.165, 1.54) is 5.56 Å². The molecule has 0 aliphatic carbocycles.